The number of hydrogen-bond acceptors (Lipinski definition) is 6. The van der Waals surface area contributed by atoms with Gasteiger partial charge >= 0.3 is 0 Å². The van der Waals surface area contributed by atoms with Crippen LogP contribution >= 0.6 is 11.5 Å². The first-order chi connectivity index (χ1) is 8.20. The van der Waals surface area contributed by atoms with Crippen molar-refractivity contribution in [2.24, 2.45) is 0 Å². The largest absolute Gasteiger partial charge is 0.497 e. The van der Waals surface area contributed by atoms with E-state index in [1.165, 1.54) is 0 Å². The molecule has 7 heteroatoms. The van der Waals surface area contributed by atoms with Gasteiger partial charge in [0.1, 0.15) is 5.75 Å². The molecule has 1 amide bonds. The maximum Gasteiger partial charge on any atom is 0.277 e. The Morgan fingerprint density at radius 2 is 2.35 bits per heavy atom. The van der Waals surface area contributed by atoms with Crippen molar-refractivity contribution in [2.45, 2.75) is 0 Å². The number of nitrogens with two attached hydrogens (primary N) is 1. The third-order valence-corrected chi connectivity index (χ3v) is 2.61. The molecule has 0 aliphatic rings. The van der Waals surface area contributed by atoms with Crippen LogP contribution in [0.4, 0.5) is 11.4 Å². The summed E-state index contributed by atoms with van der Waals surface area (Å²) < 4.78 is 8.67. The third kappa shape index (κ3) is 2.51. The lowest BCUT2D eigenvalue weighted by Gasteiger charge is -2.08. The summed E-state index contributed by atoms with van der Waals surface area (Å²) in [6.07, 6.45) is 0. The zero-order valence-electron chi connectivity index (χ0n) is 9.01. The Balaban J connectivity index is 2.21. The number of hydrogen-bond donors (Lipinski definition) is 2. The van der Waals surface area contributed by atoms with Crippen molar-refractivity contribution in [1.82, 2.24) is 9.59 Å². The van der Waals surface area contributed by atoms with Crippen LogP contribution in [-0.2, 0) is 0 Å². The summed E-state index contributed by atoms with van der Waals surface area (Å²) in [7, 11) is 1.54. The molecular formula is C10H10N4O2S. The lowest BCUT2D eigenvalue weighted by atomic mass is 10.2. The minimum absolute atomic E-state index is 0.261. The van der Waals surface area contributed by atoms with Gasteiger partial charge < -0.3 is 15.8 Å². The molecule has 1 aromatic heterocycles. The molecule has 0 bridgehead atoms. The van der Waals surface area contributed by atoms with Crippen LogP contribution in [0.5, 0.6) is 5.75 Å². The van der Waals surface area contributed by atoms with E-state index in [9.17, 15) is 4.79 Å². The highest BCUT2D eigenvalue weighted by Crippen LogP contribution is 2.24. The molecule has 88 valence electrons. The van der Waals surface area contributed by atoms with Gasteiger partial charge in [0.05, 0.1) is 18.5 Å². The minimum Gasteiger partial charge on any atom is -0.497 e. The molecule has 2 aromatic rings. The number of nitrogens with one attached hydrogen (secondary N) is 1. The van der Waals surface area contributed by atoms with Crippen molar-refractivity contribution in [3.05, 3.63) is 29.3 Å². The number of anilines is 2. The highest BCUT2D eigenvalue weighted by atomic mass is 32.1. The minimum atomic E-state index is -0.348. The number of benzene rings is 1. The summed E-state index contributed by atoms with van der Waals surface area (Å²) >= 11 is 1.11. The van der Waals surface area contributed by atoms with Gasteiger partial charge in [-0.3, -0.25) is 4.79 Å². The van der Waals surface area contributed by atoms with E-state index < -0.39 is 0 Å². The first kappa shape index (κ1) is 11.3. The molecule has 0 saturated heterocycles. The van der Waals surface area contributed by atoms with E-state index in [2.05, 4.69) is 14.9 Å². The Morgan fingerprint density at radius 3 is 3.00 bits per heavy atom. The monoisotopic (exact) mass is 250 g/mol. The summed E-state index contributed by atoms with van der Waals surface area (Å²) in [5, 5.41) is 7.88. The number of carbonyl (C=O) groups excluding carboxylic acids is 1. The molecule has 0 radical (unpaired) electrons. The lowest BCUT2D eigenvalue weighted by molar-refractivity contribution is 0.102. The third-order valence-electron chi connectivity index (χ3n) is 2.10. The van der Waals surface area contributed by atoms with E-state index in [1.807, 2.05) is 0 Å². The predicted octanol–water partition coefficient (Wildman–Crippen LogP) is 1.38. The number of amides is 1. The Labute approximate surface area is 102 Å². The fourth-order valence-electron chi connectivity index (χ4n) is 1.22. The summed E-state index contributed by atoms with van der Waals surface area (Å²) in [5.74, 6) is 0.268. The lowest BCUT2D eigenvalue weighted by Crippen LogP contribution is -2.13. The smallest absolute Gasteiger partial charge is 0.277 e. The van der Waals surface area contributed by atoms with E-state index in [0.717, 1.165) is 11.5 Å². The van der Waals surface area contributed by atoms with Gasteiger partial charge in [-0.05, 0) is 23.7 Å². The molecule has 2 rings (SSSR count). The number of aromatic nitrogens is 2. The van der Waals surface area contributed by atoms with Crippen LogP contribution < -0.4 is 15.8 Å². The molecule has 17 heavy (non-hydrogen) atoms. The van der Waals surface area contributed by atoms with Crippen LogP contribution in [0.1, 0.15) is 10.5 Å². The van der Waals surface area contributed by atoms with Crippen molar-refractivity contribution >= 4 is 28.8 Å². The highest BCUT2D eigenvalue weighted by molar-refractivity contribution is 7.03. The Bertz CT molecular complexity index is 527. The van der Waals surface area contributed by atoms with Crippen LogP contribution in [0, 0.1) is 0 Å². The second-order valence-corrected chi connectivity index (χ2v) is 3.81. The van der Waals surface area contributed by atoms with Gasteiger partial charge in [0.2, 0.25) is 0 Å². The Hall–Kier alpha value is -2.15. The quantitative estimate of drug-likeness (QED) is 0.803. The molecule has 0 saturated carbocycles. The number of methoxy groups -OCH3 is 1. The second kappa shape index (κ2) is 4.79. The molecule has 0 aliphatic carbocycles. The maximum atomic E-state index is 11.7. The summed E-state index contributed by atoms with van der Waals surface area (Å²) in [6.45, 7) is 0. The van der Waals surface area contributed by atoms with E-state index in [1.54, 1.807) is 30.7 Å². The maximum absolute atomic E-state index is 11.7. The van der Waals surface area contributed by atoms with E-state index in [0.29, 0.717) is 17.1 Å². The number of rotatable bonds is 3. The van der Waals surface area contributed by atoms with Gasteiger partial charge in [0, 0.05) is 11.4 Å². The second-order valence-electron chi connectivity index (χ2n) is 3.20. The van der Waals surface area contributed by atoms with Gasteiger partial charge in [-0.15, -0.1) is 5.10 Å². The van der Waals surface area contributed by atoms with Gasteiger partial charge in [-0.2, -0.15) is 0 Å². The standard InChI is InChI=1S/C10H10N4O2S/c1-16-6-2-3-7(11)8(4-6)12-10(15)9-5-17-14-13-9/h2-5H,11H2,1H3,(H,12,15). The molecule has 0 fully saturated rings. The summed E-state index contributed by atoms with van der Waals surface area (Å²) in [6, 6.07) is 5.02. The van der Waals surface area contributed by atoms with Gasteiger partial charge in [0.25, 0.3) is 5.91 Å². The topological polar surface area (TPSA) is 90.1 Å². The van der Waals surface area contributed by atoms with E-state index >= 15 is 0 Å². The van der Waals surface area contributed by atoms with Crippen molar-refractivity contribution < 1.29 is 9.53 Å². The fourth-order valence-corrected chi connectivity index (χ4v) is 1.66. The predicted molar refractivity (Wildman–Crippen MR) is 65.3 cm³/mol. The van der Waals surface area contributed by atoms with Crippen LogP contribution in [0.2, 0.25) is 0 Å². The molecule has 1 heterocycles. The summed E-state index contributed by atoms with van der Waals surface area (Å²) in [4.78, 5) is 11.7. The van der Waals surface area contributed by atoms with Crippen LogP contribution in [0.3, 0.4) is 0 Å². The van der Waals surface area contributed by atoms with E-state index in [4.69, 9.17) is 10.5 Å². The highest BCUT2D eigenvalue weighted by Gasteiger charge is 2.11. The van der Waals surface area contributed by atoms with Crippen molar-refractivity contribution in [3.63, 3.8) is 0 Å². The van der Waals surface area contributed by atoms with Crippen molar-refractivity contribution in [2.75, 3.05) is 18.2 Å². The van der Waals surface area contributed by atoms with Crippen LogP contribution in [0.25, 0.3) is 0 Å². The average Bonchev–Trinajstić information content (AvgIpc) is 2.85. The molecular weight excluding hydrogens is 240 g/mol. The number of nitrogen functional groups attached to an aromatic ring is 1. The molecule has 0 atom stereocenters. The average molecular weight is 250 g/mol. The Kier molecular flexibility index (Phi) is 3.20. The first-order valence-electron chi connectivity index (χ1n) is 4.72. The number of ether oxygens (including phenoxy) is 1. The summed E-state index contributed by atoms with van der Waals surface area (Å²) in [5.41, 5.74) is 6.95. The molecule has 6 nitrogen and oxygen atoms in total. The fraction of sp³-hybridized carbons (Fsp3) is 0.100. The molecule has 0 unspecified atom stereocenters. The molecule has 0 spiro atoms. The van der Waals surface area contributed by atoms with Crippen LogP contribution in [0.15, 0.2) is 23.6 Å². The zero-order valence-corrected chi connectivity index (χ0v) is 9.82. The SMILES string of the molecule is COc1ccc(N)c(NC(=O)c2csnn2)c1. The van der Waals surface area contributed by atoms with Crippen molar-refractivity contribution in [1.29, 1.82) is 0 Å². The van der Waals surface area contributed by atoms with Crippen LogP contribution in [-0.4, -0.2) is 22.6 Å². The number of nitrogens with zero attached hydrogens (tertiary/aromatic N) is 2. The van der Waals surface area contributed by atoms with Gasteiger partial charge in [0.15, 0.2) is 5.69 Å². The van der Waals surface area contributed by atoms with Gasteiger partial charge in [-0.25, -0.2) is 0 Å². The Morgan fingerprint density at radius 1 is 1.53 bits per heavy atom. The zero-order chi connectivity index (χ0) is 12.3. The normalized spacial score (nSPS) is 9.94. The molecule has 3 N–H and O–H groups in total. The first-order valence-corrected chi connectivity index (χ1v) is 5.56. The molecule has 0 aliphatic heterocycles. The van der Waals surface area contributed by atoms with E-state index in [-0.39, 0.29) is 11.6 Å². The molecule has 1 aromatic carbocycles. The number of carbonyl (C=O) groups is 1. The van der Waals surface area contributed by atoms with Gasteiger partial charge in [-0.1, -0.05) is 4.49 Å². The van der Waals surface area contributed by atoms with Crippen molar-refractivity contribution in [3.8, 4) is 5.75 Å².